The van der Waals surface area contributed by atoms with Crippen molar-refractivity contribution in [1.82, 2.24) is 25.6 Å². The molecule has 1 aromatic heterocycles. The van der Waals surface area contributed by atoms with Gasteiger partial charge in [-0.15, -0.1) is 0 Å². The van der Waals surface area contributed by atoms with Crippen LogP contribution in [-0.4, -0.2) is 45.8 Å². The molecule has 296 valence electrons. The molecule has 0 atom stereocenters. The lowest BCUT2D eigenvalue weighted by Crippen LogP contribution is -2.44. The molecule has 12 nitrogen and oxygen atoms in total. The summed E-state index contributed by atoms with van der Waals surface area (Å²) in [4.78, 5) is 51.8. The van der Waals surface area contributed by atoms with Gasteiger partial charge in [0.05, 0.1) is 5.54 Å². The van der Waals surface area contributed by atoms with Crippen LogP contribution in [0.3, 0.4) is 0 Å². The third kappa shape index (κ3) is 11.3. The molecular weight excluding hydrogens is 740 g/mol. The normalized spacial score (nSPS) is 13.2. The highest BCUT2D eigenvalue weighted by Crippen LogP contribution is 2.48. The van der Waals surface area contributed by atoms with Crippen molar-refractivity contribution in [3.63, 3.8) is 0 Å². The lowest BCUT2D eigenvalue weighted by Gasteiger charge is -2.25. The van der Waals surface area contributed by atoms with E-state index in [0.717, 1.165) is 29.5 Å². The van der Waals surface area contributed by atoms with Crippen LogP contribution < -0.4 is 31.3 Å². The molecule has 1 aliphatic carbocycles. The molecule has 5 aromatic rings. The monoisotopic (exact) mass is 788 g/mol. The van der Waals surface area contributed by atoms with Crippen molar-refractivity contribution in [3.05, 3.63) is 130 Å². The van der Waals surface area contributed by atoms with E-state index in [2.05, 4.69) is 74.4 Å². The number of amides is 3. The van der Waals surface area contributed by atoms with Gasteiger partial charge in [0, 0.05) is 35.1 Å². The number of nitrogens with zero attached hydrogens (tertiary/aromatic N) is 3. The molecule has 0 spiro atoms. The van der Waals surface area contributed by atoms with Crippen LogP contribution in [0.1, 0.15) is 80.1 Å². The Bertz CT molecular complexity index is 2200. The quantitative estimate of drug-likeness (QED) is 0.0702. The maximum Gasteiger partial charge on any atom is 0.323 e. The van der Waals surface area contributed by atoms with Crippen molar-refractivity contribution < 1.29 is 19.1 Å². The lowest BCUT2D eigenvalue weighted by atomic mass is 9.87. The molecule has 0 saturated heterocycles. The summed E-state index contributed by atoms with van der Waals surface area (Å²) in [5, 5.41) is 15.6. The van der Waals surface area contributed by atoms with Gasteiger partial charge in [-0.2, -0.15) is 15.0 Å². The number of halogens is 1. The fourth-order valence-corrected chi connectivity index (χ4v) is 6.04. The first kappa shape index (κ1) is 40.6. The Hall–Kier alpha value is -6.01. The highest BCUT2D eigenvalue weighted by atomic mass is 35.5. The summed E-state index contributed by atoms with van der Waals surface area (Å²) in [7, 11) is 0. The summed E-state index contributed by atoms with van der Waals surface area (Å²) >= 11 is 6.17. The number of benzene rings is 4. The van der Waals surface area contributed by atoms with Gasteiger partial charge in [-0.05, 0) is 95.8 Å². The Morgan fingerprint density at radius 2 is 1.33 bits per heavy atom. The Morgan fingerprint density at radius 1 is 0.719 bits per heavy atom. The maximum absolute atomic E-state index is 13.1. The Kier molecular flexibility index (Phi) is 12.1. The summed E-state index contributed by atoms with van der Waals surface area (Å²) in [6, 6.07) is 30.3. The highest BCUT2D eigenvalue weighted by Gasteiger charge is 2.45. The highest BCUT2D eigenvalue weighted by molar-refractivity contribution is 6.39. The van der Waals surface area contributed by atoms with Crippen LogP contribution in [0.2, 0.25) is 5.02 Å². The zero-order valence-electron chi connectivity index (χ0n) is 33.1. The standard InChI is InChI=1S/C44H49ClN8O4/c1-28-7-19-34(20-8-28)48-38(56)37(55)47-27-43(5,6)26-46-36(54)30-11-21-35(22-12-30)49-39-50-40(53-44(23-24-44)32-15-17-33(45)18-16-32)52-41(51-39)57-25-29-9-13-31(14-10-29)42(2,3)4/h7-22H,23-27H2,1-6H3,(H,46,54)(H,47,55)(H,48,56)(H2,49,50,51,52,53). The van der Waals surface area contributed by atoms with E-state index >= 15 is 0 Å². The fourth-order valence-electron chi connectivity index (χ4n) is 5.92. The van der Waals surface area contributed by atoms with Crippen LogP contribution in [0.4, 0.5) is 23.3 Å². The first-order valence-corrected chi connectivity index (χ1v) is 19.3. The second-order valence-electron chi connectivity index (χ2n) is 16.3. The molecule has 1 fully saturated rings. The molecule has 0 aliphatic heterocycles. The van der Waals surface area contributed by atoms with Gasteiger partial charge in [-0.3, -0.25) is 14.4 Å². The molecule has 1 saturated carbocycles. The number of hydrogen-bond donors (Lipinski definition) is 5. The average molecular weight is 789 g/mol. The van der Waals surface area contributed by atoms with Crippen LogP contribution >= 0.6 is 11.6 Å². The van der Waals surface area contributed by atoms with Crippen LogP contribution in [0.5, 0.6) is 6.01 Å². The van der Waals surface area contributed by atoms with Crippen molar-refractivity contribution >= 4 is 52.6 Å². The number of nitrogens with one attached hydrogen (secondary N) is 5. The third-order valence-corrected chi connectivity index (χ3v) is 9.93. The van der Waals surface area contributed by atoms with E-state index in [-0.39, 0.29) is 48.5 Å². The molecule has 5 N–H and O–H groups in total. The van der Waals surface area contributed by atoms with Gasteiger partial charge in [0.1, 0.15) is 6.61 Å². The summed E-state index contributed by atoms with van der Waals surface area (Å²) in [6.45, 7) is 12.9. The van der Waals surface area contributed by atoms with Crippen LogP contribution in [-0.2, 0) is 27.1 Å². The first-order chi connectivity index (χ1) is 27.1. The predicted molar refractivity (Wildman–Crippen MR) is 224 cm³/mol. The fraction of sp³-hybridized carbons (Fsp3) is 0.318. The van der Waals surface area contributed by atoms with Crippen LogP contribution in [0, 0.1) is 12.3 Å². The minimum atomic E-state index is -0.757. The molecule has 57 heavy (non-hydrogen) atoms. The minimum absolute atomic E-state index is 0.0428. The molecular formula is C44H49ClN8O4. The number of carbonyl (C=O) groups is 3. The summed E-state index contributed by atoms with van der Waals surface area (Å²) in [5.74, 6) is -1.16. The van der Waals surface area contributed by atoms with Crippen LogP contribution in [0.25, 0.3) is 0 Å². The number of aromatic nitrogens is 3. The van der Waals surface area contributed by atoms with Gasteiger partial charge in [-0.1, -0.05) is 100 Å². The van der Waals surface area contributed by atoms with E-state index in [1.54, 1.807) is 36.4 Å². The number of ether oxygens (including phenoxy) is 1. The second kappa shape index (κ2) is 17.0. The molecule has 13 heteroatoms. The molecule has 4 aromatic carbocycles. The first-order valence-electron chi connectivity index (χ1n) is 18.9. The Labute approximate surface area is 338 Å². The average Bonchev–Trinajstić information content (AvgIpc) is 3.96. The molecule has 0 bridgehead atoms. The number of carbonyl (C=O) groups excluding carboxylic acids is 3. The maximum atomic E-state index is 13.1. The summed E-state index contributed by atoms with van der Waals surface area (Å²) in [5.41, 5.74) is 5.15. The SMILES string of the molecule is Cc1ccc(NC(=O)C(=O)NCC(C)(C)CNC(=O)c2ccc(Nc3nc(NC4(c5ccc(Cl)cc5)CC4)nc(OCc4ccc(C(C)(C)C)cc4)n3)cc2)cc1. The van der Waals surface area contributed by atoms with E-state index in [1.165, 1.54) is 5.56 Å². The molecule has 6 rings (SSSR count). The molecule has 1 heterocycles. The van der Waals surface area contributed by atoms with E-state index in [4.69, 9.17) is 16.3 Å². The third-order valence-electron chi connectivity index (χ3n) is 9.67. The summed E-state index contributed by atoms with van der Waals surface area (Å²) in [6.07, 6.45) is 1.81. The topological polar surface area (TPSA) is 159 Å². The minimum Gasteiger partial charge on any atom is -0.458 e. The molecule has 0 unspecified atom stereocenters. The largest absolute Gasteiger partial charge is 0.458 e. The molecule has 0 radical (unpaired) electrons. The van der Waals surface area contributed by atoms with Crippen molar-refractivity contribution in [2.45, 2.75) is 71.9 Å². The van der Waals surface area contributed by atoms with Gasteiger partial charge in [0.25, 0.3) is 5.91 Å². The van der Waals surface area contributed by atoms with Crippen molar-refractivity contribution in [3.8, 4) is 6.01 Å². The van der Waals surface area contributed by atoms with E-state index in [1.807, 2.05) is 69.3 Å². The summed E-state index contributed by atoms with van der Waals surface area (Å²) < 4.78 is 6.11. The van der Waals surface area contributed by atoms with Crippen molar-refractivity contribution in [2.75, 3.05) is 29.0 Å². The van der Waals surface area contributed by atoms with Crippen LogP contribution in [0.15, 0.2) is 97.1 Å². The number of rotatable bonds is 14. The van der Waals surface area contributed by atoms with Gasteiger partial charge >= 0.3 is 17.8 Å². The zero-order chi connectivity index (χ0) is 40.8. The number of anilines is 4. The lowest BCUT2D eigenvalue weighted by molar-refractivity contribution is -0.136. The Morgan fingerprint density at radius 3 is 1.96 bits per heavy atom. The second-order valence-corrected chi connectivity index (χ2v) is 16.7. The molecule has 3 amide bonds. The van der Waals surface area contributed by atoms with E-state index < -0.39 is 17.2 Å². The zero-order valence-corrected chi connectivity index (χ0v) is 33.9. The number of hydrogen-bond acceptors (Lipinski definition) is 9. The molecule has 1 aliphatic rings. The van der Waals surface area contributed by atoms with Gasteiger partial charge in [-0.25, -0.2) is 0 Å². The number of aryl methyl sites for hydroxylation is 1. The van der Waals surface area contributed by atoms with Crippen molar-refractivity contribution in [1.29, 1.82) is 0 Å². The van der Waals surface area contributed by atoms with Gasteiger partial charge in [0.2, 0.25) is 11.9 Å². The van der Waals surface area contributed by atoms with E-state index in [0.29, 0.717) is 27.9 Å². The van der Waals surface area contributed by atoms with Gasteiger partial charge < -0.3 is 31.3 Å². The van der Waals surface area contributed by atoms with E-state index in [9.17, 15) is 14.4 Å². The predicted octanol–water partition coefficient (Wildman–Crippen LogP) is 8.07. The Balaban J connectivity index is 1.08. The smallest absolute Gasteiger partial charge is 0.323 e. The van der Waals surface area contributed by atoms with Gasteiger partial charge in [0.15, 0.2) is 0 Å². The van der Waals surface area contributed by atoms with Crippen molar-refractivity contribution in [2.24, 2.45) is 5.41 Å².